The van der Waals surface area contributed by atoms with Crippen LogP contribution in [-0.2, 0) is 28.2 Å². The second kappa shape index (κ2) is 13.4. The summed E-state index contributed by atoms with van der Waals surface area (Å²) in [5.74, 6) is -1.85. The van der Waals surface area contributed by atoms with E-state index in [2.05, 4.69) is 10.3 Å². The minimum absolute atomic E-state index is 0.00464. The van der Waals surface area contributed by atoms with Gasteiger partial charge in [-0.2, -0.15) is 0 Å². The number of nitrogens with one attached hydrogen (secondary N) is 1. The molecule has 0 atom stereocenters. The number of piperazine rings is 1. The number of hydrogen-bond acceptors (Lipinski definition) is 6. The number of benzene rings is 3. The molecule has 3 N–H and O–H groups in total. The summed E-state index contributed by atoms with van der Waals surface area (Å²) in [6.07, 6.45) is 2.53. The molecule has 2 heterocycles. The van der Waals surface area contributed by atoms with Gasteiger partial charge in [0.2, 0.25) is 5.91 Å². The largest absolute Gasteiger partial charge is 0.445 e. The number of nitrogens with zero attached hydrogens (tertiary/aromatic N) is 3. The third-order valence-corrected chi connectivity index (χ3v) is 7.48. The fraction of sp³-hybridized carbons (Fsp3) is 0.212. The Morgan fingerprint density at radius 3 is 1.95 bits per heavy atom. The molecule has 11 heteroatoms. The number of aromatic nitrogens is 1. The van der Waals surface area contributed by atoms with Crippen LogP contribution in [0.1, 0.15) is 32.6 Å². The molecular weight excluding hydrogens is 568 g/mol. The fourth-order valence-electron chi connectivity index (χ4n) is 4.96. The van der Waals surface area contributed by atoms with Crippen molar-refractivity contribution in [3.05, 3.63) is 137 Å². The predicted molar refractivity (Wildman–Crippen MR) is 158 cm³/mol. The molecule has 0 unspecified atom stereocenters. The van der Waals surface area contributed by atoms with Crippen LogP contribution in [0.5, 0.6) is 0 Å². The predicted octanol–water partition coefficient (Wildman–Crippen LogP) is 3.97. The SMILES string of the molecule is NC(C(=O)NCc1cncc(C(=O)N2CCN(C(=O)OCc3ccccc3)CC2)c1)(c1ccc(F)cc1)c1ccc(F)cc1. The zero-order chi connectivity index (χ0) is 31.1. The van der Waals surface area contributed by atoms with Gasteiger partial charge in [0.25, 0.3) is 5.91 Å². The number of carbonyl (C=O) groups is 3. The molecule has 1 aromatic heterocycles. The molecular formula is C33H31F2N5O4. The van der Waals surface area contributed by atoms with Crippen LogP contribution in [0.4, 0.5) is 13.6 Å². The monoisotopic (exact) mass is 599 g/mol. The van der Waals surface area contributed by atoms with Crippen LogP contribution in [0.25, 0.3) is 0 Å². The van der Waals surface area contributed by atoms with Crippen molar-refractivity contribution in [1.82, 2.24) is 20.1 Å². The molecule has 226 valence electrons. The zero-order valence-electron chi connectivity index (χ0n) is 23.8. The van der Waals surface area contributed by atoms with Gasteiger partial charge in [0.1, 0.15) is 23.8 Å². The van der Waals surface area contributed by atoms with Crippen molar-refractivity contribution in [2.24, 2.45) is 5.73 Å². The van der Waals surface area contributed by atoms with Gasteiger partial charge in [-0.05, 0) is 52.6 Å². The lowest BCUT2D eigenvalue weighted by atomic mass is 9.82. The number of halogens is 2. The summed E-state index contributed by atoms with van der Waals surface area (Å²) >= 11 is 0. The maximum atomic E-state index is 13.6. The van der Waals surface area contributed by atoms with Crippen LogP contribution < -0.4 is 11.1 Å². The number of rotatable bonds is 8. The number of carbonyl (C=O) groups excluding carboxylic acids is 3. The van der Waals surface area contributed by atoms with Crippen LogP contribution in [-0.4, -0.2) is 58.9 Å². The first-order valence-corrected chi connectivity index (χ1v) is 14.0. The molecule has 0 radical (unpaired) electrons. The van der Waals surface area contributed by atoms with Crippen molar-refractivity contribution >= 4 is 17.9 Å². The van der Waals surface area contributed by atoms with Gasteiger partial charge in [0.15, 0.2) is 0 Å². The Balaban J connectivity index is 1.20. The molecule has 3 amide bonds. The highest BCUT2D eigenvalue weighted by molar-refractivity contribution is 5.94. The van der Waals surface area contributed by atoms with Gasteiger partial charge in [-0.3, -0.25) is 14.6 Å². The van der Waals surface area contributed by atoms with E-state index in [1.54, 1.807) is 15.9 Å². The van der Waals surface area contributed by atoms with Gasteiger partial charge in [0.05, 0.1) is 5.56 Å². The molecule has 44 heavy (non-hydrogen) atoms. The second-order valence-corrected chi connectivity index (χ2v) is 10.4. The van der Waals surface area contributed by atoms with Gasteiger partial charge >= 0.3 is 6.09 Å². The summed E-state index contributed by atoms with van der Waals surface area (Å²) in [4.78, 5) is 46.6. The van der Waals surface area contributed by atoms with Crippen LogP contribution in [0.2, 0.25) is 0 Å². The summed E-state index contributed by atoms with van der Waals surface area (Å²) in [6, 6.07) is 21.4. The van der Waals surface area contributed by atoms with Gasteiger partial charge in [0, 0.05) is 45.1 Å². The van der Waals surface area contributed by atoms with Crippen LogP contribution in [0.15, 0.2) is 97.3 Å². The van der Waals surface area contributed by atoms with Crippen molar-refractivity contribution in [1.29, 1.82) is 0 Å². The molecule has 1 aliphatic rings. The average molecular weight is 600 g/mol. The topological polar surface area (TPSA) is 118 Å². The van der Waals surface area contributed by atoms with E-state index in [0.29, 0.717) is 48.4 Å². The van der Waals surface area contributed by atoms with Crippen molar-refractivity contribution in [3.8, 4) is 0 Å². The first-order valence-electron chi connectivity index (χ1n) is 14.0. The zero-order valence-corrected chi connectivity index (χ0v) is 23.8. The van der Waals surface area contributed by atoms with Crippen molar-refractivity contribution < 1.29 is 27.9 Å². The molecule has 1 aliphatic heterocycles. The standard InChI is InChI=1S/C33H31F2N5O4/c34-28-10-6-26(7-11-28)33(36,27-8-12-29(35)13-9-27)31(42)38-20-24-18-25(21-37-19-24)30(41)39-14-16-40(17-15-39)32(43)44-22-23-4-2-1-3-5-23/h1-13,18-19,21H,14-17,20,22,36H2,(H,38,42). The van der Waals surface area contributed by atoms with Crippen molar-refractivity contribution in [2.45, 2.75) is 18.7 Å². The van der Waals surface area contributed by atoms with Gasteiger partial charge < -0.3 is 25.6 Å². The first-order chi connectivity index (χ1) is 21.2. The smallest absolute Gasteiger partial charge is 0.410 e. The number of pyridine rings is 1. The maximum Gasteiger partial charge on any atom is 0.410 e. The number of ether oxygens (including phenoxy) is 1. The molecule has 0 bridgehead atoms. The van der Waals surface area contributed by atoms with E-state index in [1.807, 2.05) is 30.3 Å². The van der Waals surface area contributed by atoms with E-state index in [1.165, 1.54) is 60.9 Å². The van der Waals surface area contributed by atoms with Gasteiger partial charge in [-0.15, -0.1) is 0 Å². The molecule has 0 saturated carbocycles. The summed E-state index contributed by atoms with van der Waals surface area (Å²) < 4.78 is 32.7. The average Bonchev–Trinajstić information content (AvgIpc) is 3.06. The molecule has 1 fully saturated rings. The molecule has 0 aliphatic carbocycles. The van der Waals surface area contributed by atoms with E-state index in [9.17, 15) is 23.2 Å². The van der Waals surface area contributed by atoms with E-state index in [0.717, 1.165) is 5.56 Å². The minimum Gasteiger partial charge on any atom is -0.445 e. The Morgan fingerprint density at radius 2 is 1.36 bits per heavy atom. The lowest BCUT2D eigenvalue weighted by molar-refractivity contribution is -0.125. The Kier molecular flexibility index (Phi) is 9.25. The Bertz CT molecular complexity index is 1560. The summed E-state index contributed by atoms with van der Waals surface area (Å²) in [6.45, 7) is 1.47. The van der Waals surface area contributed by atoms with Gasteiger partial charge in [-0.1, -0.05) is 54.6 Å². The molecule has 3 aromatic carbocycles. The van der Waals surface area contributed by atoms with Crippen LogP contribution in [0.3, 0.4) is 0 Å². The summed E-state index contributed by atoms with van der Waals surface area (Å²) in [5, 5.41) is 2.78. The highest BCUT2D eigenvalue weighted by Crippen LogP contribution is 2.28. The van der Waals surface area contributed by atoms with Crippen LogP contribution >= 0.6 is 0 Å². The lowest BCUT2D eigenvalue weighted by Gasteiger charge is -2.34. The highest BCUT2D eigenvalue weighted by Gasteiger charge is 2.38. The van der Waals surface area contributed by atoms with Gasteiger partial charge in [-0.25, -0.2) is 13.6 Å². The highest BCUT2D eigenvalue weighted by atomic mass is 19.1. The van der Waals surface area contributed by atoms with E-state index in [4.69, 9.17) is 10.5 Å². The molecule has 5 rings (SSSR count). The quantitative estimate of drug-likeness (QED) is 0.317. The molecule has 0 spiro atoms. The molecule has 4 aromatic rings. The Morgan fingerprint density at radius 1 is 0.795 bits per heavy atom. The fourth-order valence-corrected chi connectivity index (χ4v) is 4.96. The minimum atomic E-state index is -1.75. The van der Waals surface area contributed by atoms with E-state index < -0.39 is 29.2 Å². The Labute approximate surface area is 253 Å². The van der Waals surface area contributed by atoms with E-state index >= 15 is 0 Å². The third kappa shape index (κ3) is 6.90. The Hall–Kier alpha value is -5.16. The lowest BCUT2D eigenvalue weighted by Crippen LogP contribution is -2.52. The molecule has 9 nitrogen and oxygen atoms in total. The normalized spacial score (nSPS) is 13.3. The van der Waals surface area contributed by atoms with Crippen molar-refractivity contribution in [3.63, 3.8) is 0 Å². The van der Waals surface area contributed by atoms with E-state index in [-0.39, 0.29) is 19.1 Å². The molecule has 1 saturated heterocycles. The summed E-state index contributed by atoms with van der Waals surface area (Å²) in [5.41, 5.74) is 7.28. The maximum absolute atomic E-state index is 13.6. The van der Waals surface area contributed by atoms with Crippen molar-refractivity contribution in [2.75, 3.05) is 26.2 Å². The number of amides is 3. The van der Waals surface area contributed by atoms with Crippen LogP contribution in [0, 0.1) is 11.6 Å². The first kappa shape index (κ1) is 30.3. The number of nitrogens with two attached hydrogens (primary N) is 1. The third-order valence-electron chi connectivity index (χ3n) is 7.48. The number of hydrogen-bond donors (Lipinski definition) is 2. The second-order valence-electron chi connectivity index (χ2n) is 10.4. The summed E-state index contributed by atoms with van der Waals surface area (Å²) in [7, 11) is 0.